The zero-order valence-corrected chi connectivity index (χ0v) is 15.7. The van der Waals surface area contributed by atoms with Crippen molar-refractivity contribution < 1.29 is 4.79 Å². The second-order valence-corrected chi connectivity index (χ2v) is 7.51. The Kier molecular flexibility index (Phi) is 3.48. The summed E-state index contributed by atoms with van der Waals surface area (Å²) < 4.78 is 3.93. The van der Waals surface area contributed by atoms with E-state index in [4.69, 9.17) is 4.98 Å². The number of carbonyl (C=O) groups is 1. The van der Waals surface area contributed by atoms with Gasteiger partial charge in [0.1, 0.15) is 17.2 Å². The number of fused-ring (bicyclic) bond motifs is 2. The van der Waals surface area contributed by atoms with Gasteiger partial charge in [-0.3, -0.25) is 9.20 Å². The van der Waals surface area contributed by atoms with Gasteiger partial charge in [0.05, 0.1) is 15.9 Å². The summed E-state index contributed by atoms with van der Waals surface area (Å²) in [6.07, 6.45) is 2.86. The summed E-state index contributed by atoms with van der Waals surface area (Å²) in [5.41, 5.74) is 5.26. The fourth-order valence-electron chi connectivity index (χ4n) is 3.39. The van der Waals surface area contributed by atoms with Gasteiger partial charge in [-0.15, -0.1) is 0 Å². The molecule has 5 rings (SSSR count). The number of hydrogen-bond acceptors (Lipinski definition) is 4. The quantitative estimate of drug-likeness (QED) is 0.430. The van der Waals surface area contributed by atoms with Crippen LogP contribution in [0.25, 0.3) is 37.7 Å². The van der Waals surface area contributed by atoms with Gasteiger partial charge in [-0.05, 0) is 24.6 Å². The summed E-state index contributed by atoms with van der Waals surface area (Å²) in [4.78, 5) is 23.1. The number of aldehydes is 1. The Bertz CT molecular complexity index is 1310. The Labute approximate surface area is 159 Å². The number of imidazole rings is 2. The molecule has 0 amide bonds. The molecule has 27 heavy (non-hydrogen) atoms. The van der Waals surface area contributed by atoms with Crippen LogP contribution in [0.5, 0.6) is 0 Å². The highest BCUT2D eigenvalue weighted by Gasteiger charge is 2.17. The fraction of sp³-hybridized carbons (Fsp3) is 0.0952. The maximum absolute atomic E-state index is 11.9. The van der Waals surface area contributed by atoms with E-state index < -0.39 is 0 Å². The molecule has 132 valence electrons. The van der Waals surface area contributed by atoms with Crippen molar-refractivity contribution in [2.24, 2.45) is 7.05 Å². The highest BCUT2D eigenvalue weighted by molar-refractivity contribution is 7.20. The van der Waals surface area contributed by atoms with Crippen LogP contribution >= 0.6 is 11.3 Å². The van der Waals surface area contributed by atoms with Gasteiger partial charge in [-0.25, -0.2) is 9.97 Å². The Morgan fingerprint density at radius 3 is 2.63 bits per heavy atom. The number of aryl methyl sites for hydroxylation is 2. The van der Waals surface area contributed by atoms with Crippen LogP contribution in [-0.4, -0.2) is 25.2 Å². The first kappa shape index (κ1) is 16.0. The standard InChI is InChI=1S/C21H16N4OS/c1-13-22-16-10-15(8-9-17(16)24(13)2)20-18(12-26)25-11-19(27-21(25)23-20)14-6-4-3-5-7-14/h3-12H,1-2H3. The average molecular weight is 372 g/mol. The Morgan fingerprint density at radius 2 is 1.85 bits per heavy atom. The number of nitrogens with zero attached hydrogens (tertiary/aromatic N) is 4. The Morgan fingerprint density at radius 1 is 1.04 bits per heavy atom. The van der Waals surface area contributed by atoms with Gasteiger partial charge < -0.3 is 4.57 Å². The SMILES string of the molecule is Cc1nc2cc(-c3nc4sc(-c5ccccc5)cn4c3C=O)ccc2n1C. The second-order valence-electron chi connectivity index (χ2n) is 6.50. The van der Waals surface area contributed by atoms with Crippen molar-refractivity contribution in [3.05, 3.63) is 66.2 Å². The first-order valence-electron chi connectivity index (χ1n) is 8.61. The predicted molar refractivity (Wildman–Crippen MR) is 108 cm³/mol. The molecule has 0 spiro atoms. The summed E-state index contributed by atoms with van der Waals surface area (Å²) in [5.74, 6) is 0.955. The summed E-state index contributed by atoms with van der Waals surface area (Å²) in [5, 5.41) is 0. The zero-order valence-electron chi connectivity index (χ0n) is 14.9. The topological polar surface area (TPSA) is 52.2 Å². The minimum absolute atomic E-state index is 0.565. The molecule has 0 aliphatic carbocycles. The molecule has 0 atom stereocenters. The lowest BCUT2D eigenvalue weighted by molar-refractivity contribution is 0.111. The van der Waals surface area contributed by atoms with Gasteiger partial charge in [0, 0.05) is 18.8 Å². The first-order chi connectivity index (χ1) is 13.2. The molecule has 3 heterocycles. The van der Waals surface area contributed by atoms with Crippen LogP contribution in [0.4, 0.5) is 0 Å². The average Bonchev–Trinajstić information content (AvgIpc) is 3.33. The van der Waals surface area contributed by atoms with Gasteiger partial charge in [-0.1, -0.05) is 47.7 Å². The smallest absolute Gasteiger partial charge is 0.195 e. The van der Waals surface area contributed by atoms with Gasteiger partial charge in [0.25, 0.3) is 0 Å². The lowest BCUT2D eigenvalue weighted by Gasteiger charge is -2.01. The minimum atomic E-state index is 0.565. The summed E-state index contributed by atoms with van der Waals surface area (Å²) in [6.45, 7) is 1.98. The molecule has 0 bridgehead atoms. The predicted octanol–water partition coefficient (Wildman–Crippen LogP) is 4.74. The lowest BCUT2D eigenvalue weighted by atomic mass is 10.1. The molecular formula is C21H16N4OS. The normalized spacial score (nSPS) is 11.5. The molecule has 0 unspecified atom stereocenters. The molecule has 2 aromatic carbocycles. The Balaban J connectivity index is 1.67. The molecule has 3 aromatic heterocycles. The largest absolute Gasteiger partial charge is 0.331 e. The third-order valence-corrected chi connectivity index (χ3v) is 5.94. The maximum Gasteiger partial charge on any atom is 0.195 e. The van der Waals surface area contributed by atoms with Crippen LogP contribution in [-0.2, 0) is 7.05 Å². The van der Waals surface area contributed by atoms with Crippen molar-refractivity contribution >= 4 is 33.6 Å². The van der Waals surface area contributed by atoms with Gasteiger partial charge in [0.15, 0.2) is 11.2 Å². The van der Waals surface area contributed by atoms with Crippen molar-refractivity contribution in [3.63, 3.8) is 0 Å². The molecule has 0 fully saturated rings. The summed E-state index contributed by atoms with van der Waals surface area (Å²) in [7, 11) is 2.00. The van der Waals surface area contributed by atoms with E-state index in [1.54, 1.807) is 11.3 Å². The number of carbonyl (C=O) groups excluding carboxylic acids is 1. The van der Waals surface area contributed by atoms with Crippen molar-refractivity contribution in [1.82, 2.24) is 18.9 Å². The molecule has 5 nitrogen and oxygen atoms in total. The van der Waals surface area contributed by atoms with E-state index in [-0.39, 0.29) is 0 Å². The summed E-state index contributed by atoms with van der Waals surface area (Å²) >= 11 is 1.58. The molecule has 0 N–H and O–H groups in total. The van der Waals surface area contributed by atoms with Gasteiger partial charge >= 0.3 is 0 Å². The molecule has 0 aliphatic heterocycles. The molecule has 0 radical (unpaired) electrons. The third kappa shape index (κ3) is 2.41. The number of aromatic nitrogens is 4. The first-order valence-corrected chi connectivity index (χ1v) is 9.43. The molecule has 0 saturated heterocycles. The van der Waals surface area contributed by atoms with E-state index in [9.17, 15) is 4.79 Å². The number of thiazole rings is 1. The van der Waals surface area contributed by atoms with Crippen LogP contribution in [0.15, 0.2) is 54.7 Å². The van der Waals surface area contributed by atoms with Crippen molar-refractivity contribution in [3.8, 4) is 21.7 Å². The van der Waals surface area contributed by atoms with Crippen molar-refractivity contribution in [2.45, 2.75) is 6.92 Å². The van der Waals surface area contributed by atoms with Crippen LogP contribution < -0.4 is 0 Å². The van der Waals surface area contributed by atoms with Crippen LogP contribution in [0.3, 0.4) is 0 Å². The van der Waals surface area contributed by atoms with Crippen molar-refractivity contribution in [1.29, 1.82) is 0 Å². The molecule has 5 aromatic rings. The second kappa shape index (κ2) is 5.89. The number of hydrogen-bond donors (Lipinski definition) is 0. The summed E-state index contributed by atoms with van der Waals surface area (Å²) in [6, 6.07) is 16.2. The highest BCUT2D eigenvalue weighted by Crippen LogP contribution is 2.33. The van der Waals surface area contributed by atoms with E-state index in [0.717, 1.165) is 44.1 Å². The highest BCUT2D eigenvalue weighted by atomic mass is 32.1. The minimum Gasteiger partial charge on any atom is -0.331 e. The van der Waals surface area contributed by atoms with E-state index >= 15 is 0 Å². The number of rotatable bonds is 3. The van der Waals surface area contributed by atoms with Gasteiger partial charge in [-0.2, -0.15) is 0 Å². The molecule has 0 aliphatic rings. The van der Waals surface area contributed by atoms with Crippen LogP contribution in [0, 0.1) is 6.92 Å². The lowest BCUT2D eigenvalue weighted by Crippen LogP contribution is -1.91. The van der Waals surface area contributed by atoms with Gasteiger partial charge in [0.2, 0.25) is 0 Å². The molecule has 0 saturated carbocycles. The van der Waals surface area contributed by atoms with Crippen LogP contribution in [0.1, 0.15) is 16.3 Å². The zero-order chi connectivity index (χ0) is 18.5. The van der Waals surface area contributed by atoms with E-state index in [2.05, 4.69) is 21.7 Å². The van der Waals surface area contributed by atoms with E-state index in [0.29, 0.717) is 11.4 Å². The molecular weight excluding hydrogens is 356 g/mol. The third-order valence-electron chi connectivity index (χ3n) is 4.91. The number of benzene rings is 2. The van der Waals surface area contributed by atoms with E-state index in [1.165, 1.54) is 0 Å². The van der Waals surface area contributed by atoms with E-state index in [1.807, 2.05) is 61.0 Å². The Hall–Kier alpha value is -3.25. The van der Waals surface area contributed by atoms with Crippen LogP contribution in [0.2, 0.25) is 0 Å². The fourth-order valence-corrected chi connectivity index (χ4v) is 4.39. The maximum atomic E-state index is 11.9. The monoisotopic (exact) mass is 372 g/mol. The molecule has 6 heteroatoms. The van der Waals surface area contributed by atoms with Crippen molar-refractivity contribution in [2.75, 3.05) is 0 Å².